The molecule has 1 heterocycles. The van der Waals surface area contributed by atoms with Crippen LogP contribution in [0.1, 0.15) is 88.9 Å². The second kappa shape index (κ2) is 31.2. The van der Waals surface area contributed by atoms with Crippen LogP contribution in [0.4, 0.5) is 5.69 Å². The van der Waals surface area contributed by atoms with E-state index in [-0.39, 0.29) is 23.1 Å². The van der Waals surface area contributed by atoms with Gasteiger partial charge < -0.3 is 19.6 Å². The van der Waals surface area contributed by atoms with E-state index in [2.05, 4.69) is 41.4 Å². The Hall–Kier alpha value is -4.33. The molecule has 0 spiro atoms. The van der Waals surface area contributed by atoms with Crippen molar-refractivity contribution in [3.05, 3.63) is 129 Å². The van der Waals surface area contributed by atoms with Crippen molar-refractivity contribution in [2.45, 2.75) is 78.5 Å². The number of methoxy groups -OCH3 is 2. The number of aldehydes is 1. The molecular weight excluding hydrogens is 683 g/mol. The van der Waals surface area contributed by atoms with Crippen molar-refractivity contribution in [3.8, 4) is 11.8 Å². The number of carbonyl (C=O) groups excluding carboxylic acids is 2. The lowest BCUT2D eigenvalue weighted by Gasteiger charge is -2.24. The van der Waals surface area contributed by atoms with Crippen LogP contribution < -0.4 is 10.2 Å². The minimum Gasteiger partial charge on any atom is -0.381 e. The summed E-state index contributed by atoms with van der Waals surface area (Å²) in [6.45, 7) is 16.2. The van der Waals surface area contributed by atoms with Crippen LogP contribution in [0.2, 0.25) is 0 Å². The number of allylic oxidation sites excluding steroid dienone is 1. The smallest absolute Gasteiger partial charge is 0.241 e. The highest BCUT2D eigenvalue weighted by Gasteiger charge is 2.39. The number of nitrogens with zero attached hydrogens (tertiary/aromatic N) is 2. The van der Waals surface area contributed by atoms with Gasteiger partial charge in [-0.15, -0.1) is 11.8 Å². The fraction of sp³-hybridized carbons (Fsp3) is 0.409. The molecule has 2 atom stereocenters. The third-order valence-electron chi connectivity index (χ3n) is 7.28. The van der Waals surface area contributed by atoms with Gasteiger partial charge in [0.15, 0.2) is 0 Å². The highest BCUT2D eigenvalue weighted by Crippen LogP contribution is 2.45. The third-order valence-corrected chi connectivity index (χ3v) is 8.63. The number of nitroso groups, excluding NO2 is 1. The minimum atomic E-state index is -0.139. The van der Waals surface area contributed by atoms with Crippen LogP contribution in [-0.2, 0) is 25.6 Å². The number of carbonyl (C=O) groups is 2. The van der Waals surface area contributed by atoms with E-state index in [9.17, 15) is 14.5 Å². The summed E-state index contributed by atoms with van der Waals surface area (Å²) in [5.74, 6) is 6.41. The first-order valence-electron chi connectivity index (χ1n) is 18.3. The van der Waals surface area contributed by atoms with Gasteiger partial charge in [-0.25, -0.2) is 0 Å². The number of nitrogens with one attached hydrogen (secondary N) is 1. The van der Waals surface area contributed by atoms with Gasteiger partial charge in [0.2, 0.25) is 5.91 Å². The van der Waals surface area contributed by atoms with Gasteiger partial charge in [0, 0.05) is 37.5 Å². The van der Waals surface area contributed by atoms with Crippen LogP contribution >= 0.6 is 11.8 Å². The number of ether oxygens (including phenoxy) is 2. The Kier molecular flexibility index (Phi) is 28.7. The molecule has 2 unspecified atom stereocenters. The summed E-state index contributed by atoms with van der Waals surface area (Å²) in [4.78, 5) is 34.5. The van der Waals surface area contributed by atoms with E-state index in [1.807, 2.05) is 132 Å². The highest BCUT2D eigenvalue weighted by atomic mass is 32.2. The molecule has 0 bridgehead atoms. The molecule has 1 aliphatic heterocycles. The van der Waals surface area contributed by atoms with Crippen molar-refractivity contribution in [1.82, 2.24) is 5.32 Å². The summed E-state index contributed by atoms with van der Waals surface area (Å²) in [5.41, 5.74) is 7.12. The van der Waals surface area contributed by atoms with E-state index in [0.29, 0.717) is 19.6 Å². The molecule has 0 aliphatic carbocycles. The Labute approximate surface area is 323 Å². The number of hydrogen-bond acceptors (Lipinski definition) is 8. The monoisotopic (exact) mass is 743 g/mol. The first kappa shape index (κ1) is 48.7. The van der Waals surface area contributed by atoms with E-state index in [1.165, 1.54) is 11.1 Å². The Morgan fingerprint density at radius 3 is 2.04 bits per heavy atom. The molecule has 1 saturated heterocycles. The van der Waals surface area contributed by atoms with E-state index >= 15 is 0 Å². The van der Waals surface area contributed by atoms with Gasteiger partial charge in [-0.2, -0.15) is 4.91 Å². The number of amides is 1. The van der Waals surface area contributed by atoms with Crippen LogP contribution in [-0.4, -0.2) is 58.5 Å². The molecular formula is C44H61N3O5S. The molecule has 3 aromatic rings. The lowest BCUT2D eigenvalue weighted by molar-refractivity contribution is -0.117. The average Bonchev–Trinajstić information content (AvgIpc) is 3.51. The van der Waals surface area contributed by atoms with Crippen LogP contribution in [0.5, 0.6) is 0 Å². The second-order valence-electron chi connectivity index (χ2n) is 11.0. The maximum Gasteiger partial charge on any atom is 0.241 e. The molecule has 1 aliphatic rings. The number of hydrogen-bond donors (Lipinski definition) is 1. The van der Waals surface area contributed by atoms with E-state index in [4.69, 9.17) is 9.47 Å². The Morgan fingerprint density at radius 1 is 0.906 bits per heavy atom. The summed E-state index contributed by atoms with van der Waals surface area (Å²) >= 11 is 1.62. The first-order valence-corrected chi connectivity index (χ1v) is 19.2. The van der Waals surface area contributed by atoms with Crippen LogP contribution in [0.25, 0.3) is 0 Å². The van der Waals surface area contributed by atoms with Gasteiger partial charge in [-0.1, -0.05) is 106 Å². The molecule has 1 amide bonds. The molecule has 0 radical (unpaired) electrons. The van der Waals surface area contributed by atoms with Gasteiger partial charge in [0.1, 0.15) is 18.2 Å². The predicted molar refractivity (Wildman–Crippen MR) is 225 cm³/mol. The Bertz CT molecular complexity index is 1560. The molecule has 1 N–H and O–H groups in total. The van der Waals surface area contributed by atoms with Crippen LogP contribution in [0, 0.1) is 16.7 Å². The zero-order valence-corrected chi connectivity index (χ0v) is 34.3. The molecule has 3 aromatic carbocycles. The lowest BCUT2D eigenvalue weighted by Crippen LogP contribution is -2.30. The summed E-state index contributed by atoms with van der Waals surface area (Å²) in [7, 11) is 5.37. The van der Waals surface area contributed by atoms with Crippen molar-refractivity contribution in [2.24, 2.45) is 5.18 Å². The minimum absolute atomic E-state index is 0.0640. The molecule has 9 heteroatoms. The summed E-state index contributed by atoms with van der Waals surface area (Å²) in [5, 5.41) is 5.85. The number of benzene rings is 3. The summed E-state index contributed by atoms with van der Waals surface area (Å²) in [6, 6.07) is 25.4. The largest absolute Gasteiger partial charge is 0.381 e. The maximum atomic E-state index is 12.9. The molecule has 0 aromatic heterocycles. The zero-order valence-electron chi connectivity index (χ0n) is 33.5. The van der Waals surface area contributed by atoms with E-state index in [0.717, 1.165) is 47.2 Å². The van der Waals surface area contributed by atoms with Gasteiger partial charge in [-0.3, -0.25) is 9.69 Å². The van der Waals surface area contributed by atoms with E-state index < -0.39 is 0 Å². The maximum absolute atomic E-state index is 12.9. The lowest BCUT2D eigenvalue weighted by atomic mass is 10.0. The van der Waals surface area contributed by atoms with E-state index in [1.54, 1.807) is 26.0 Å². The molecule has 0 saturated carbocycles. The molecule has 1 fully saturated rings. The Balaban J connectivity index is 0.000000990. The van der Waals surface area contributed by atoms with Gasteiger partial charge in [0.25, 0.3) is 0 Å². The zero-order chi connectivity index (χ0) is 39.9. The van der Waals surface area contributed by atoms with Crippen molar-refractivity contribution >= 4 is 29.6 Å². The molecule has 4 rings (SSSR count). The fourth-order valence-electron chi connectivity index (χ4n) is 4.63. The van der Waals surface area contributed by atoms with Gasteiger partial charge in [0.05, 0.1) is 18.5 Å². The van der Waals surface area contributed by atoms with Crippen LogP contribution in [0.15, 0.2) is 107 Å². The molecule has 53 heavy (non-hydrogen) atoms. The standard InChI is InChI=1S/C25H20N2O2S.C12H23NO2.C3H6O.2C2H6/c1-18-24(28)27(23-9-5-8-21(16-23)17-26-29)25(30-18)22-14-12-20(13-15-22)11-10-19-6-3-2-4-7-19;1-11(6-9-14-3)12(5-8-13-2)7-10-15-4;1-2-3-4;2*1-2/h2-9,12-16,18,25H,17H2,1H3;6-7,13H,5,8-10H2,1-4H3;3H,2H2,1H3;2*1-2H3/b;11-6-,12-7-;;;. The predicted octanol–water partition coefficient (Wildman–Crippen LogP) is 9.93. The first-order chi connectivity index (χ1) is 25.8. The average molecular weight is 744 g/mol. The summed E-state index contributed by atoms with van der Waals surface area (Å²) in [6.07, 6.45) is 6.75. The van der Waals surface area contributed by atoms with Gasteiger partial charge in [-0.05, 0) is 92.5 Å². The van der Waals surface area contributed by atoms with Crippen molar-refractivity contribution < 1.29 is 19.1 Å². The van der Waals surface area contributed by atoms with Crippen molar-refractivity contribution in [3.63, 3.8) is 0 Å². The SMILES string of the molecule is CC.CC.CC1SC(c2ccc(C#Cc3ccccc3)cc2)N(c2cccc(CN=O)c2)C1=O.CCC=O.CNCCC(=C/COC)/C(C)=C\COC. The number of rotatable bonds is 13. The fourth-order valence-corrected chi connectivity index (χ4v) is 5.91. The quantitative estimate of drug-likeness (QED) is 0.0806. The number of anilines is 1. The van der Waals surface area contributed by atoms with Gasteiger partial charge >= 0.3 is 0 Å². The normalized spacial score (nSPS) is 14.7. The molecule has 8 nitrogen and oxygen atoms in total. The summed E-state index contributed by atoms with van der Waals surface area (Å²) < 4.78 is 10.1. The van der Waals surface area contributed by atoms with Crippen LogP contribution in [0.3, 0.4) is 0 Å². The van der Waals surface area contributed by atoms with Crippen molar-refractivity contribution in [2.75, 3.05) is 45.9 Å². The number of thioether (sulfide) groups is 1. The second-order valence-corrected chi connectivity index (χ2v) is 12.4. The molecule has 288 valence electrons. The third kappa shape index (κ3) is 18.8. The topological polar surface area (TPSA) is 97.3 Å². The highest BCUT2D eigenvalue weighted by molar-refractivity contribution is 8.01. The van der Waals surface area contributed by atoms with Crippen molar-refractivity contribution in [1.29, 1.82) is 0 Å². The Morgan fingerprint density at radius 2 is 1.49 bits per heavy atom.